The lowest BCUT2D eigenvalue weighted by Crippen LogP contribution is -2.07. The van der Waals surface area contributed by atoms with Gasteiger partial charge in [0.25, 0.3) is 0 Å². The van der Waals surface area contributed by atoms with Gasteiger partial charge in [0.05, 0.1) is 6.10 Å². The molecule has 2 heteroatoms. The van der Waals surface area contributed by atoms with Crippen LogP contribution in [0.25, 0.3) is 0 Å². The number of ether oxygens (including phenoxy) is 2. The van der Waals surface area contributed by atoms with Gasteiger partial charge >= 0.3 is 0 Å². The molecule has 0 heterocycles. The van der Waals surface area contributed by atoms with Crippen molar-refractivity contribution in [3.05, 3.63) is 35.4 Å². The minimum absolute atomic E-state index is 0.329. The SMILES string of the molecule is C#Cc1ccc(CCCCCCCCCCOCCCOC(C)C)cc1. The highest BCUT2D eigenvalue weighted by Crippen LogP contribution is 2.12. The average molecular weight is 359 g/mol. The van der Waals surface area contributed by atoms with Crippen LogP contribution >= 0.6 is 0 Å². The van der Waals surface area contributed by atoms with Crippen molar-refractivity contribution in [3.8, 4) is 12.3 Å². The average Bonchev–Trinajstić information content (AvgIpc) is 2.65. The molecule has 0 aliphatic rings. The van der Waals surface area contributed by atoms with E-state index in [9.17, 15) is 0 Å². The van der Waals surface area contributed by atoms with Gasteiger partial charge in [0.1, 0.15) is 0 Å². The van der Waals surface area contributed by atoms with Gasteiger partial charge in [-0.3, -0.25) is 0 Å². The van der Waals surface area contributed by atoms with Crippen LogP contribution in [0.3, 0.4) is 0 Å². The zero-order valence-electron chi connectivity index (χ0n) is 17.0. The Balaban J connectivity index is 1.79. The highest BCUT2D eigenvalue weighted by molar-refractivity contribution is 5.34. The van der Waals surface area contributed by atoms with Crippen molar-refractivity contribution in [2.45, 2.75) is 84.2 Å². The van der Waals surface area contributed by atoms with Crippen LogP contribution in [-0.4, -0.2) is 25.9 Å². The lowest BCUT2D eigenvalue weighted by Gasteiger charge is -2.07. The van der Waals surface area contributed by atoms with Crippen LogP contribution in [0.15, 0.2) is 24.3 Å². The second kappa shape index (κ2) is 15.9. The van der Waals surface area contributed by atoms with E-state index in [1.165, 1.54) is 63.4 Å². The molecule has 0 aliphatic carbocycles. The number of benzene rings is 1. The number of hydrogen-bond donors (Lipinski definition) is 0. The maximum atomic E-state index is 5.64. The van der Waals surface area contributed by atoms with Gasteiger partial charge in [0.2, 0.25) is 0 Å². The quantitative estimate of drug-likeness (QED) is 0.260. The standard InChI is InChI=1S/C24H38O2/c1-4-23-15-17-24(18-16-23)14-11-9-7-5-6-8-10-12-19-25-20-13-21-26-22(2)3/h1,15-18,22H,5-14,19-21H2,2-3H3. The van der Waals surface area contributed by atoms with E-state index in [2.05, 4.69) is 31.9 Å². The molecule has 0 N–H and O–H groups in total. The van der Waals surface area contributed by atoms with E-state index < -0.39 is 0 Å². The van der Waals surface area contributed by atoms with Crippen molar-refractivity contribution in [1.82, 2.24) is 0 Å². The van der Waals surface area contributed by atoms with Crippen LogP contribution in [0.1, 0.15) is 82.8 Å². The van der Waals surface area contributed by atoms with E-state index in [1.54, 1.807) is 0 Å². The lowest BCUT2D eigenvalue weighted by atomic mass is 10.0. The summed E-state index contributed by atoms with van der Waals surface area (Å²) in [5.41, 5.74) is 2.37. The first-order chi connectivity index (χ1) is 12.7. The number of unbranched alkanes of at least 4 members (excludes halogenated alkanes) is 7. The molecule has 0 atom stereocenters. The van der Waals surface area contributed by atoms with Gasteiger partial charge in [-0.1, -0.05) is 56.6 Å². The molecule has 0 fully saturated rings. The predicted octanol–water partition coefficient (Wildman–Crippen LogP) is 6.16. The molecule has 0 bridgehead atoms. The summed E-state index contributed by atoms with van der Waals surface area (Å²) in [4.78, 5) is 0. The summed E-state index contributed by atoms with van der Waals surface area (Å²) in [5, 5.41) is 0. The van der Waals surface area contributed by atoms with Crippen LogP contribution in [0.4, 0.5) is 0 Å². The largest absolute Gasteiger partial charge is 0.381 e. The predicted molar refractivity (Wildman–Crippen MR) is 112 cm³/mol. The van der Waals surface area contributed by atoms with Crippen molar-refractivity contribution < 1.29 is 9.47 Å². The molecule has 2 nitrogen and oxygen atoms in total. The normalized spacial score (nSPS) is 11.0. The maximum Gasteiger partial charge on any atom is 0.0518 e. The number of rotatable bonds is 16. The van der Waals surface area contributed by atoms with E-state index in [0.717, 1.165) is 31.8 Å². The molecule has 26 heavy (non-hydrogen) atoms. The topological polar surface area (TPSA) is 18.5 Å². The highest BCUT2D eigenvalue weighted by Gasteiger charge is 1.97. The Hall–Kier alpha value is -1.30. The molecule has 0 saturated carbocycles. The second-order valence-electron chi connectivity index (χ2n) is 7.31. The maximum absolute atomic E-state index is 5.64. The third kappa shape index (κ3) is 13.0. The van der Waals surface area contributed by atoms with Crippen LogP contribution in [0, 0.1) is 12.3 Å². The third-order valence-electron chi connectivity index (χ3n) is 4.51. The van der Waals surface area contributed by atoms with Gasteiger partial charge in [0.15, 0.2) is 0 Å². The first-order valence-corrected chi connectivity index (χ1v) is 10.5. The molecule has 0 amide bonds. The summed E-state index contributed by atoms with van der Waals surface area (Å²) in [6, 6.07) is 8.40. The molecular formula is C24H38O2. The minimum atomic E-state index is 0.329. The lowest BCUT2D eigenvalue weighted by molar-refractivity contribution is 0.0507. The zero-order chi connectivity index (χ0) is 18.9. The van der Waals surface area contributed by atoms with Crippen LogP contribution < -0.4 is 0 Å². The van der Waals surface area contributed by atoms with Crippen molar-refractivity contribution in [3.63, 3.8) is 0 Å². The Morgan fingerprint density at radius 3 is 1.96 bits per heavy atom. The van der Waals surface area contributed by atoms with Gasteiger partial charge in [0, 0.05) is 25.4 Å². The van der Waals surface area contributed by atoms with E-state index in [4.69, 9.17) is 15.9 Å². The summed E-state index contributed by atoms with van der Waals surface area (Å²) in [6.07, 6.45) is 18.4. The monoisotopic (exact) mass is 358 g/mol. The molecule has 0 aliphatic heterocycles. The highest BCUT2D eigenvalue weighted by atomic mass is 16.5. The smallest absolute Gasteiger partial charge is 0.0518 e. The Morgan fingerprint density at radius 1 is 0.769 bits per heavy atom. The molecule has 146 valence electrons. The molecule has 1 aromatic rings. The van der Waals surface area contributed by atoms with Crippen molar-refractivity contribution in [1.29, 1.82) is 0 Å². The van der Waals surface area contributed by atoms with Gasteiger partial charge in [-0.25, -0.2) is 0 Å². The molecular weight excluding hydrogens is 320 g/mol. The van der Waals surface area contributed by atoms with E-state index >= 15 is 0 Å². The first kappa shape index (κ1) is 22.7. The van der Waals surface area contributed by atoms with Gasteiger partial charge in [-0.15, -0.1) is 6.42 Å². The van der Waals surface area contributed by atoms with Crippen molar-refractivity contribution in [2.75, 3.05) is 19.8 Å². The van der Waals surface area contributed by atoms with E-state index in [1.807, 2.05) is 12.1 Å². The van der Waals surface area contributed by atoms with E-state index in [-0.39, 0.29) is 0 Å². The number of terminal acetylenes is 1. The Kier molecular flexibility index (Phi) is 13.9. The van der Waals surface area contributed by atoms with Crippen molar-refractivity contribution in [2.24, 2.45) is 0 Å². The number of hydrogen-bond acceptors (Lipinski definition) is 2. The number of aryl methyl sites for hydroxylation is 1. The van der Waals surface area contributed by atoms with Crippen LogP contribution in [0.2, 0.25) is 0 Å². The van der Waals surface area contributed by atoms with Gasteiger partial charge < -0.3 is 9.47 Å². The summed E-state index contributed by atoms with van der Waals surface area (Å²) in [7, 11) is 0. The first-order valence-electron chi connectivity index (χ1n) is 10.5. The van der Waals surface area contributed by atoms with Crippen molar-refractivity contribution >= 4 is 0 Å². The van der Waals surface area contributed by atoms with Gasteiger partial charge in [-0.2, -0.15) is 0 Å². The minimum Gasteiger partial charge on any atom is -0.381 e. The Morgan fingerprint density at radius 2 is 1.35 bits per heavy atom. The third-order valence-corrected chi connectivity index (χ3v) is 4.51. The summed E-state index contributed by atoms with van der Waals surface area (Å²) >= 11 is 0. The molecule has 0 radical (unpaired) electrons. The molecule has 0 spiro atoms. The molecule has 1 aromatic carbocycles. The molecule has 0 aromatic heterocycles. The molecule has 0 saturated heterocycles. The Bertz CT molecular complexity index is 470. The fourth-order valence-corrected chi connectivity index (χ4v) is 2.94. The Labute approximate surface area is 161 Å². The van der Waals surface area contributed by atoms with Gasteiger partial charge in [-0.05, 0) is 57.2 Å². The van der Waals surface area contributed by atoms with E-state index in [0.29, 0.717) is 6.10 Å². The molecule has 0 unspecified atom stereocenters. The summed E-state index contributed by atoms with van der Waals surface area (Å²) in [6.45, 7) is 6.69. The fraction of sp³-hybridized carbons (Fsp3) is 0.667. The van der Waals surface area contributed by atoms with Crippen LogP contribution in [0.5, 0.6) is 0 Å². The summed E-state index contributed by atoms with van der Waals surface area (Å²) in [5.74, 6) is 2.66. The summed E-state index contributed by atoms with van der Waals surface area (Å²) < 4.78 is 11.1. The second-order valence-corrected chi connectivity index (χ2v) is 7.31. The molecule has 1 rings (SSSR count). The zero-order valence-corrected chi connectivity index (χ0v) is 17.0. The van der Waals surface area contributed by atoms with Crippen LogP contribution in [-0.2, 0) is 15.9 Å². The fourth-order valence-electron chi connectivity index (χ4n) is 2.94.